The molecular formula is C23H28N4OS. The molecule has 0 unspecified atom stereocenters. The van der Waals surface area contributed by atoms with Gasteiger partial charge >= 0.3 is 0 Å². The molecule has 0 aliphatic carbocycles. The maximum Gasteiger partial charge on any atom is 0.240 e. The van der Waals surface area contributed by atoms with Crippen molar-refractivity contribution < 1.29 is 4.79 Å². The first-order valence-corrected chi connectivity index (χ1v) is 10.7. The first-order chi connectivity index (χ1) is 13.8. The first kappa shape index (κ1) is 21.1. The molecule has 0 aliphatic heterocycles. The van der Waals surface area contributed by atoms with Crippen molar-refractivity contribution in [3.63, 3.8) is 0 Å². The topological polar surface area (TPSA) is 59.8 Å². The van der Waals surface area contributed by atoms with Crippen LogP contribution in [0.25, 0.3) is 11.4 Å². The van der Waals surface area contributed by atoms with E-state index in [9.17, 15) is 4.79 Å². The van der Waals surface area contributed by atoms with Crippen LogP contribution in [0.1, 0.15) is 46.1 Å². The van der Waals surface area contributed by atoms with E-state index in [4.69, 9.17) is 0 Å². The van der Waals surface area contributed by atoms with Crippen molar-refractivity contribution in [3.8, 4) is 11.4 Å². The standard InChI is InChI=1S/C23H28N4OS/c1-6-27-20(18-10-8-7-9-11-18)25-26-22(27)29-23(4,5)21(28)24-19-14-12-17(13-15-19)16(2)3/h7-16H,6H2,1-5H3,(H,24,28). The van der Waals surface area contributed by atoms with Gasteiger partial charge in [0.2, 0.25) is 5.91 Å². The van der Waals surface area contributed by atoms with Crippen LogP contribution in [-0.2, 0) is 11.3 Å². The quantitative estimate of drug-likeness (QED) is 0.517. The summed E-state index contributed by atoms with van der Waals surface area (Å²) in [7, 11) is 0. The van der Waals surface area contributed by atoms with Gasteiger partial charge in [-0.15, -0.1) is 10.2 Å². The van der Waals surface area contributed by atoms with Crippen LogP contribution >= 0.6 is 11.8 Å². The van der Waals surface area contributed by atoms with Gasteiger partial charge in [-0.3, -0.25) is 4.79 Å². The molecule has 0 radical (unpaired) electrons. The monoisotopic (exact) mass is 408 g/mol. The van der Waals surface area contributed by atoms with E-state index < -0.39 is 4.75 Å². The number of hydrogen-bond donors (Lipinski definition) is 1. The van der Waals surface area contributed by atoms with Crippen LogP contribution in [0, 0.1) is 0 Å². The maximum atomic E-state index is 12.9. The Balaban J connectivity index is 1.76. The van der Waals surface area contributed by atoms with Crippen LogP contribution in [0.2, 0.25) is 0 Å². The molecule has 3 rings (SSSR count). The molecule has 0 spiro atoms. The number of amides is 1. The Hall–Kier alpha value is -2.60. The van der Waals surface area contributed by atoms with Gasteiger partial charge in [-0.05, 0) is 44.4 Å². The number of carbonyl (C=O) groups excluding carboxylic acids is 1. The highest BCUT2D eigenvalue weighted by Gasteiger charge is 2.32. The molecule has 5 nitrogen and oxygen atoms in total. The number of anilines is 1. The lowest BCUT2D eigenvalue weighted by Crippen LogP contribution is -2.34. The highest BCUT2D eigenvalue weighted by atomic mass is 32.2. The molecule has 152 valence electrons. The van der Waals surface area contributed by atoms with Crippen molar-refractivity contribution in [1.82, 2.24) is 14.8 Å². The second-order valence-electron chi connectivity index (χ2n) is 7.76. The van der Waals surface area contributed by atoms with Gasteiger partial charge in [-0.25, -0.2) is 0 Å². The number of nitrogens with zero attached hydrogens (tertiary/aromatic N) is 3. The lowest BCUT2D eigenvalue weighted by molar-refractivity contribution is -0.117. The highest BCUT2D eigenvalue weighted by molar-refractivity contribution is 8.01. The number of hydrogen-bond acceptors (Lipinski definition) is 4. The predicted octanol–water partition coefficient (Wildman–Crippen LogP) is 5.60. The molecule has 1 aromatic heterocycles. The molecule has 0 saturated heterocycles. The van der Waals surface area contributed by atoms with Crippen molar-refractivity contribution in [3.05, 3.63) is 60.2 Å². The smallest absolute Gasteiger partial charge is 0.240 e. The van der Waals surface area contributed by atoms with Crippen molar-refractivity contribution in [2.75, 3.05) is 5.32 Å². The van der Waals surface area contributed by atoms with E-state index in [-0.39, 0.29) is 5.91 Å². The Morgan fingerprint density at radius 1 is 1.07 bits per heavy atom. The summed E-state index contributed by atoms with van der Waals surface area (Å²) < 4.78 is 1.34. The minimum Gasteiger partial charge on any atom is -0.325 e. The zero-order valence-electron chi connectivity index (χ0n) is 17.6. The number of nitrogens with one attached hydrogen (secondary N) is 1. The van der Waals surface area contributed by atoms with Crippen LogP contribution in [0.15, 0.2) is 59.8 Å². The minimum atomic E-state index is -0.704. The van der Waals surface area contributed by atoms with Crippen molar-refractivity contribution in [1.29, 1.82) is 0 Å². The average Bonchev–Trinajstić information content (AvgIpc) is 3.10. The second-order valence-corrected chi connectivity index (χ2v) is 9.35. The lowest BCUT2D eigenvalue weighted by Gasteiger charge is -2.23. The van der Waals surface area contributed by atoms with Crippen molar-refractivity contribution in [2.45, 2.75) is 57.0 Å². The van der Waals surface area contributed by atoms with Crippen LogP contribution in [0.3, 0.4) is 0 Å². The fourth-order valence-electron chi connectivity index (χ4n) is 2.96. The SMILES string of the molecule is CCn1c(SC(C)(C)C(=O)Nc2ccc(C(C)C)cc2)nnc1-c1ccccc1. The van der Waals surface area contributed by atoms with E-state index in [0.29, 0.717) is 5.92 Å². The Kier molecular flexibility index (Phi) is 6.42. The van der Waals surface area contributed by atoms with Crippen LogP contribution in [0.4, 0.5) is 5.69 Å². The molecule has 0 aliphatic rings. The van der Waals surface area contributed by atoms with E-state index in [1.165, 1.54) is 17.3 Å². The van der Waals surface area contributed by atoms with E-state index >= 15 is 0 Å². The molecule has 0 saturated carbocycles. The molecule has 0 fully saturated rings. The molecule has 1 heterocycles. The van der Waals surface area contributed by atoms with Crippen LogP contribution < -0.4 is 5.32 Å². The molecule has 6 heteroatoms. The summed E-state index contributed by atoms with van der Waals surface area (Å²) in [5.74, 6) is 1.22. The molecule has 0 atom stereocenters. The zero-order chi connectivity index (χ0) is 21.0. The number of aromatic nitrogens is 3. The lowest BCUT2D eigenvalue weighted by atomic mass is 10.0. The normalized spacial score (nSPS) is 11.7. The van der Waals surface area contributed by atoms with Crippen LogP contribution in [-0.4, -0.2) is 25.4 Å². The van der Waals surface area contributed by atoms with Gasteiger partial charge in [-0.2, -0.15) is 0 Å². The third-order valence-corrected chi connectivity index (χ3v) is 5.97. The Bertz CT molecular complexity index is 962. The van der Waals surface area contributed by atoms with Crippen LogP contribution in [0.5, 0.6) is 0 Å². The number of thioether (sulfide) groups is 1. The van der Waals surface area contributed by atoms with Gasteiger partial charge in [-0.1, -0.05) is 68.1 Å². The average molecular weight is 409 g/mol. The van der Waals surface area contributed by atoms with E-state index in [0.717, 1.165) is 28.8 Å². The number of rotatable bonds is 7. The Labute approximate surface area is 176 Å². The first-order valence-electron chi connectivity index (χ1n) is 9.91. The van der Waals surface area contributed by atoms with Crippen molar-refractivity contribution >= 4 is 23.4 Å². The van der Waals surface area contributed by atoms with Gasteiger partial charge in [0.05, 0.1) is 4.75 Å². The van der Waals surface area contributed by atoms with Gasteiger partial charge in [0.1, 0.15) is 0 Å². The molecule has 29 heavy (non-hydrogen) atoms. The Morgan fingerprint density at radius 2 is 1.72 bits per heavy atom. The second kappa shape index (κ2) is 8.82. The van der Waals surface area contributed by atoms with Gasteiger partial charge < -0.3 is 9.88 Å². The molecule has 1 amide bonds. The maximum absolute atomic E-state index is 12.9. The third kappa shape index (κ3) is 4.88. The number of benzene rings is 2. The van der Waals surface area contributed by atoms with E-state index in [2.05, 4.69) is 48.4 Å². The summed E-state index contributed by atoms with van der Waals surface area (Å²) >= 11 is 1.43. The molecular weight excluding hydrogens is 380 g/mol. The summed E-state index contributed by atoms with van der Waals surface area (Å²) in [5.41, 5.74) is 3.07. The van der Waals surface area contributed by atoms with E-state index in [1.54, 1.807) is 0 Å². The molecule has 1 N–H and O–H groups in total. The fourth-order valence-corrected chi connectivity index (χ4v) is 3.97. The van der Waals surface area contributed by atoms with E-state index in [1.807, 2.05) is 60.9 Å². The fraction of sp³-hybridized carbons (Fsp3) is 0.348. The summed E-state index contributed by atoms with van der Waals surface area (Å²) in [6, 6.07) is 18.0. The Morgan fingerprint density at radius 3 is 2.31 bits per heavy atom. The summed E-state index contributed by atoms with van der Waals surface area (Å²) in [5, 5.41) is 12.5. The predicted molar refractivity (Wildman–Crippen MR) is 120 cm³/mol. The number of carbonyl (C=O) groups is 1. The minimum absolute atomic E-state index is 0.0632. The van der Waals surface area contributed by atoms with Crippen molar-refractivity contribution in [2.24, 2.45) is 0 Å². The highest BCUT2D eigenvalue weighted by Crippen LogP contribution is 2.34. The zero-order valence-corrected chi connectivity index (χ0v) is 18.5. The van der Waals surface area contributed by atoms with Gasteiger partial charge in [0.15, 0.2) is 11.0 Å². The summed E-state index contributed by atoms with van der Waals surface area (Å²) in [4.78, 5) is 12.9. The third-order valence-electron chi connectivity index (χ3n) is 4.79. The van der Waals surface area contributed by atoms with Gasteiger partial charge in [0.25, 0.3) is 0 Å². The summed E-state index contributed by atoms with van der Waals surface area (Å²) in [6.45, 7) is 10.9. The largest absolute Gasteiger partial charge is 0.325 e. The van der Waals surface area contributed by atoms with Gasteiger partial charge in [0, 0.05) is 17.8 Å². The molecule has 3 aromatic rings. The summed E-state index contributed by atoms with van der Waals surface area (Å²) in [6.07, 6.45) is 0. The molecule has 0 bridgehead atoms. The molecule has 2 aromatic carbocycles.